The predicted octanol–water partition coefficient (Wildman–Crippen LogP) is 1.79. The van der Waals surface area contributed by atoms with Crippen LogP contribution in [0.4, 0.5) is 5.69 Å². The van der Waals surface area contributed by atoms with Gasteiger partial charge in [-0.3, -0.25) is 14.9 Å². The number of hydrogen-bond donors (Lipinski definition) is 1. The van der Waals surface area contributed by atoms with Crippen LogP contribution in [0.2, 0.25) is 5.15 Å². The van der Waals surface area contributed by atoms with E-state index in [2.05, 4.69) is 10.4 Å². The largest absolute Gasteiger partial charge is 0.355 e. The highest BCUT2D eigenvalue weighted by Gasteiger charge is 2.16. The Morgan fingerprint density at radius 1 is 1.42 bits per heavy atom. The summed E-state index contributed by atoms with van der Waals surface area (Å²) in [6, 6.07) is 5.69. The standard InChI is InChI=1S/C11H9ClN4O3/c1-13-11(17)9-6-14-15(10(9)12)7-2-4-8(5-3-7)16(18)19/h2-6H,1H3,(H,13,17). The summed E-state index contributed by atoms with van der Waals surface area (Å²) in [5, 5.41) is 17.1. The summed E-state index contributed by atoms with van der Waals surface area (Å²) in [7, 11) is 1.49. The van der Waals surface area contributed by atoms with Crippen molar-refractivity contribution in [3.63, 3.8) is 0 Å². The molecule has 0 atom stereocenters. The quantitative estimate of drug-likeness (QED) is 0.685. The fourth-order valence-electron chi connectivity index (χ4n) is 1.52. The molecule has 0 aliphatic heterocycles. The van der Waals surface area contributed by atoms with Gasteiger partial charge in [0.25, 0.3) is 11.6 Å². The second kappa shape index (κ2) is 5.07. The zero-order chi connectivity index (χ0) is 14.0. The van der Waals surface area contributed by atoms with Gasteiger partial charge in [0.05, 0.1) is 22.4 Å². The zero-order valence-corrected chi connectivity index (χ0v) is 10.6. The van der Waals surface area contributed by atoms with E-state index in [1.807, 2.05) is 0 Å². The minimum absolute atomic E-state index is 0.0291. The Morgan fingerprint density at radius 2 is 2.05 bits per heavy atom. The van der Waals surface area contributed by atoms with Gasteiger partial charge in [0.15, 0.2) is 0 Å². The molecule has 0 unspecified atom stereocenters. The molecule has 0 saturated carbocycles. The van der Waals surface area contributed by atoms with Gasteiger partial charge < -0.3 is 5.32 Å². The molecule has 1 aromatic heterocycles. The van der Waals surface area contributed by atoms with Gasteiger partial charge in [-0.1, -0.05) is 11.6 Å². The molecule has 2 rings (SSSR count). The maximum atomic E-state index is 11.5. The number of halogens is 1. The third-order valence-corrected chi connectivity index (χ3v) is 2.85. The van der Waals surface area contributed by atoms with E-state index in [-0.39, 0.29) is 22.3 Å². The van der Waals surface area contributed by atoms with Gasteiger partial charge in [-0.2, -0.15) is 5.10 Å². The number of carbonyl (C=O) groups is 1. The number of benzene rings is 1. The highest BCUT2D eigenvalue weighted by Crippen LogP contribution is 2.21. The molecule has 1 amide bonds. The summed E-state index contributed by atoms with van der Waals surface area (Å²) in [5.74, 6) is -0.349. The topological polar surface area (TPSA) is 90.1 Å². The first-order valence-electron chi connectivity index (χ1n) is 5.25. The number of nitro groups is 1. The number of amides is 1. The van der Waals surface area contributed by atoms with E-state index in [9.17, 15) is 14.9 Å². The molecule has 0 saturated heterocycles. The number of rotatable bonds is 3. The molecule has 19 heavy (non-hydrogen) atoms. The van der Waals surface area contributed by atoms with Crippen molar-refractivity contribution in [1.29, 1.82) is 0 Å². The normalized spacial score (nSPS) is 10.2. The number of nitro benzene ring substituents is 1. The molecule has 1 N–H and O–H groups in total. The summed E-state index contributed by atoms with van der Waals surface area (Å²) in [5.41, 5.74) is 0.742. The summed E-state index contributed by atoms with van der Waals surface area (Å²) in [6.45, 7) is 0. The number of aromatic nitrogens is 2. The van der Waals surface area contributed by atoms with Crippen LogP contribution in [0.15, 0.2) is 30.5 Å². The third-order valence-electron chi connectivity index (χ3n) is 2.49. The van der Waals surface area contributed by atoms with Crippen LogP contribution in [0.25, 0.3) is 5.69 Å². The lowest BCUT2D eigenvalue weighted by Gasteiger charge is -2.03. The highest BCUT2D eigenvalue weighted by atomic mass is 35.5. The Morgan fingerprint density at radius 3 is 2.58 bits per heavy atom. The fourth-order valence-corrected chi connectivity index (χ4v) is 1.79. The van der Waals surface area contributed by atoms with Crippen molar-refractivity contribution in [2.75, 3.05) is 7.05 Å². The van der Waals surface area contributed by atoms with Crippen LogP contribution in [0.5, 0.6) is 0 Å². The van der Waals surface area contributed by atoms with E-state index >= 15 is 0 Å². The van der Waals surface area contributed by atoms with Crippen molar-refractivity contribution < 1.29 is 9.72 Å². The summed E-state index contributed by atoms with van der Waals surface area (Å²) >= 11 is 6.04. The van der Waals surface area contributed by atoms with Gasteiger partial charge in [-0.05, 0) is 12.1 Å². The van der Waals surface area contributed by atoms with Crippen LogP contribution in [0.1, 0.15) is 10.4 Å². The van der Waals surface area contributed by atoms with Crippen molar-refractivity contribution in [3.05, 3.63) is 51.3 Å². The number of nitrogens with zero attached hydrogens (tertiary/aromatic N) is 3. The molecule has 8 heteroatoms. The van der Waals surface area contributed by atoms with Crippen LogP contribution in [0.3, 0.4) is 0 Å². The molecule has 98 valence electrons. The third kappa shape index (κ3) is 2.41. The van der Waals surface area contributed by atoms with Crippen molar-refractivity contribution in [3.8, 4) is 5.69 Å². The Kier molecular flexibility index (Phi) is 3.48. The van der Waals surface area contributed by atoms with E-state index in [0.29, 0.717) is 5.69 Å². The molecule has 0 spiro atoms. The minimum atomic E-state index is -0.496. The summed E-state index contributed by atoms with van der Waals surface area (Å²) in [6.07, 6.45) is 1.34. The minimum Gasteiger partial charge on any atom is -0.355 e. The Bertz CT molecular complexity index is 636. The molecule has 0 bridgehead atoms. The van der Waals surface area contributed by atoms with Crippen LogP contribution < -0.4 is 5.32 Å². The summed E-state index contributed by atoms with van der Waals surface area (Å²) < 4.78 is 1.33. The SMILES string of the molecule is CNC(=O)c1cnn(-c2ccc([N+](=O)[O-])cc2)c1Cl. The number of non-ortho nitro benzene ring substituents is 1. The molecule has 2 aromatic rings. The second-order valence-corrected chi connectivity index (χ2v) is 3.97. The Balaban J connectivity index is 2.40. The maximum Gasteiger partial charge on any atom is 0.269 e. The van der Waals surface area contributed by atoms with Gasteiger partial charge in [0.2, 0.25) is 0 Å². The lowest BCUT2D eigenvalue weighted by atomic mass is 10.3. The van der Waals surface area contributed by atoms with E-state index in [4.69, 9.17) is 11.6 Å². The highest BCUT2D eigenvalue weighted by molar-refractivity contribution is 6.33. The van der Waals surface area contributed by atoms with E-state index in [1.54, 1.807) is 0 Å². The number of carbonyl (C=O) groups excluding carboxylic acids is 1. The Hall–Kier alpha value is -2.41. The second-order valence-electron chi connectivity index (χ2n) is 3.61. The van der Waals surface area contributed by atoms with Crippen molar-refractivity contribution in [1.82, 2.24) is 15.1 Å². The lowest BCUT2D eigenvalue weighted by Crippen LogP contribution is -2.17. The monoisotopic (exact) mass is 280 g/mol. The average Bonchev–Trinajstić information content (AvgIpc) is 2.80. The lowest BCUT2D eigenvalue weighted by molar-refractivity contribution is -0.384. The molecule has 7 nitrogen and oxygen atoms in total. The van der Waals surface area contributed by atoms with Crippen LogP contribution in [0, 0.1) is 10.1 Å². The van der Waals surface area contributed by atoms with Gasteiger partial charge in [-0.25, -0.2) is 4.68 Å². The van der Waals surface area contributed by atoms with Gasteiger partial charge >= 0.3 is 0 Å². The average molecular weight is 281 g/mol. The number of nitrogens with one attached hydrogen (secondary N) is 1. The van der Waals surface area contributed by atoms with E-state index < -0.39 is 4.92 Å². The van der Waals surface area contributed by atoms with Crippen LogP contribution in [-0.4, -0.2) is 27.7 Å². The molecule has 0 aliphatic carbocycles. The molecule has 0 radical (unpaired) electrons. The van der Waals surface area contributed by atoms with Crippen molar-refractivity contribution >= 4 is 23.2 Å². The molecular formula is C11H9ClN4O3. The zero-order valence-electron chi connectivity index (χ0n) is 9.83. The van der Waals surface area contributed by atoms with E-state index in [0.717, 1.165) is 0 Å². The van der Waals surface area contributed by atoms with Crippen LogP contribution >= 0.6 is 11.6 Å². The maximum absolute atomic E-state index is 11.5. The molecule has 1 heterocycles. The first kappa shape index (κ1) is 13.0. The van der Waals surface area contributed by atoms with Crippen molar-refractivity contribution in [2.45, 2.75) is 0 Å². The van der Waals surface area contributed by atoms with Crippen molar-refractivity contribution in [2.24, 2.45) is 0 Å². The first-order valence-corrected chi connectivity index (χ1v) is 5.63. The van der Waals surface area contributed by atoms with Gasteiger partial charge in [0, 0.05) is 19.2 Å². The fraction of sp³-hybridized carbons (Fsp3) is 0.0909. The summed E-state index contributed by atoms with van der Waals surface area (Å²) in [4.78, 5) is 21.5. The first-order chi connectivity index (χ1) is 9.04. The molecular weight excluding hydrogens is 272 g/mol. The van der Waals surface area contributed by atoms with Gasteiger partial charge in [0.1, 0.15) is 5.15 Å². The van der Waals surface area contributed by atoms with Gasteiger partial charge in [-0.15, -0.1) is 0 Å². The predicted molar refractivity (Wildman–Crippen MR) is 68.6 cm³/mol. The van der Waals surface area contributed by atoms with E-state index in [1.165, 1.54) is 42.2 Å². The smallest absolute Gasteiger partial charge is 0.269 e. The van der Waals surface area contributed by atoms with Crippen LogP contribution in [-0.2, 0) is 0 Å². The molecule has 1 aromatic carbocycles. The number of hydrogen-bond acceptors (Lipinski definition) is 4. The molecule has 0 aliphatic rings. The molecule has 0 fully saturated rings. The Labute approximate surface area is 112 Å².